The number of hydrogen-bond acceptors (Lipinski definition) is 1. The molecule has 1 rings (SSSR count). The summed E-state index contributed by atoms with van der Waals surface area (Å²) < 4.78 is 282. The first kappa shape index (κ1) is 2.43. The highest BCUT2D eigenvalue weighted by Gasteiger charge is 1.95. The highest BCUT2D eigenvalue weighted by Crippen LogP contribution is 2.13. The Labute approximate surface area is 181 Å². The smallest absolute Gasteiger partial charge is 0.0840 e. The molecule has 0 aliphatic rings. The molecule has 0 atom stereocenters. The minimum Gasteiger partial charge on any atom is -0.265 e. The van der Waals surface area contributed by atoms with Crippen LogP contribution in [0.2, 0.25) is 0 Å². The maximum absolute atomic E-state index is 8.30. The van der Waals surface area contributed by atoms with Crippen molar-refractivity contribution in [1.82, 2.24) is 4.98 Å². The molecule has 1 heterocycles. The van der Waals surface area contributed by atoms with Gasteiger partial charge in [0.2, 0.25) is 0 Å². The minimum absolute atomic E-state index is 1.26. The van der Waals surface area contributed by atoms with Crippen molar-refractivity contribution in [3.05, 3.63) is 30.0 Å². The Morgan fingerprint density at radius 1 is 0.810 bits per heavy atom. The zero-order valence-corrected chi connectivity index (χ0v) is 10.4. The first-order valence-electron chi connectivity index (χ1n) is 22.7. The molecule has 0 bridgehead atoms. The molecule has 0 radical (unpaired) electrons. The van der Waals surface area contributed by atoms with Gasteiger partial charge in [-0.15, -0.1) is 0 Å². The topological polar surface area (TPSA) is 12.9 Å². The Hall–Kier alpha value is -0.850. The summed E-state index contributed by atoms with van der Waals surface area (Å²) in [5.74, 6) is 0. The average Bonchev–Trinajstić information content (AvgIpc) is 2.98. The molecule has 0 spiro atoms. The second-order valence-electron chi connectivity index (χ2n) is 2.71. The van der Waals surface area contributed by atoms with E-state index >= 15 is 0 Å². The molecule has 0 unspecified atom stereocenters. The Balaban J connectivity index is 4.11. The third-order valence-electron chi connectivity index (χ3n) is 1.41. The lowest BCUT2D eigenvalue weighted by atomic mass is 10.0. The molecule has 1 nitrogen and oxygen atoms in total. The highest BCUT2D eigenvalue weighted by molar-refractivity contribution is 5.09. The largest absolute Gasteiger partial charge is 0.265 e. The summed E-state index contributed by atoms with van der Waals surface area (Å²) in [4.78, 5) is 3.11. The number of pyridine rings is 1. The molecule has 21 heavy (non-hydrogen) atoms. The zero-order chi connectivity index (χ0) is 46.1. The van der Waals surface area contributed by atoms with Gasteiger partial charge in [-0.3, -0.25) is 4.98 Å². The van der Waals surface area contributed by atoms with E-state index in [1.54, 1.807) is 0 Å². The summed E-state index contributed by atoms with van der Waals surface area (Å²) in [7, 11) is 0. The van der Waals surface area contributed by atoms with Gasteiger partial charge in [0.05, 0.1) is 5.48 Å². The average molecular weight is 325 g/mol. The van der Waals surface area contributed by atoms with Crippen LogP contribution in [0.1, 0.15) is 143 Å². The minimum atomic E-state index is -5.17. The number of aromatic nitrogens is 1. The molecule has 120 valence electrons. The van der Waals surface area contributed by atoms with Gasteiger partial charge >= 0.3 is 0 Å². The fraction of sp³-hybridized carbons (Fsp3) is 0.750. The SMILES string of the molecule is [2H]c1nc([2H])c([2H])c(C([2H])([2H])C([2H])([2H])C([2H])([2H])C([2H])([2H])C([2H])([2H])C([2H])([2H])C([2H])([2H])C([2H])([2H])C([2H])([2H])C([2H])([2H])C([2H])([2H])C([2H])([2H])C([2H])([2H])C([2H])([2H])C([2H])([2H])[2H])c1[2H]. The molecule has 1 heteroatoms. The fourth-order valence-electron chi connectivity index (χ4n) is 0.727. The molecule has 1 aromatic rings. The van der Waals surface area contributed by atoms with Crippen LogP contribution in [0.15, 0.2) is 24.4 Å². The van der Waals surface area contributed by atoms with Crippen LogP contribution in [0.5, 0.6) is 0 Å². The van der Waals surface area contributed by atoms with Crippen molar-refractivity contribution in [2.45, 2.75) is 96.1 Å². The van der Waals surface area contributed by atoms with E-state index in [0.29, 0.717) is 0 Å². The molecule has 0 amide bonds. The van der Waals surface area contributed by atoms with Gasteiger partial charge in [0, 0.05) is 54.8 Å². The Kier molecular flexibility index (Phi) is 1.63. The third-order valence-corrected chi connectivity index (χ3v) is 1.41. The lowest BCUT2D eigenvalue weighted by Gasteiger charge is -2.03. The van der Waals surface area contributed by atoms with E-state index in [9.17, 15) is 0 Å². The second kappa shape index (κ2) is 14.1. The number of rotatable bonds is 14. The van der Waals surface area contributed by atoms with E-state index in [1.165, 1.54) is 0 Å². The van der Waals surface area contributed by atoms with E-state index < -0.39 is 126 Å². The molecule has 0 aromatic carbocycles. The molecule has 0 N–H and O–H groups in total. The summed E-state index contributed by atoms with van der Waals surface area (Å²) in [5.41, 5.74) is -1.59. The lowest BCUT2D eigenvalue weighted by Crippen LogP contribution is -1.87. The summed E-state index contributed by atoms with van der Waals surface area (Å²) in [5, 5.41) is 0. The van der Waals surface area contributed by atoms with E-state index in [-0.39, 0.29) is 0 Å². The molecular formula is C20H35N. The summed E-state index contributed by atoms with van der Waals surface area (Å²) >= 11 is 0. The molecule has 1 aromatic heterocycles. The van der Waals surface area contributed by atoms with Gasteiger partial charge in [-0.1, -0.05) is 83.3 Å². The number of hydrogen-bond donors (Lipinski definition) is 0. The van der Waals surface area contributed by atoms with Crippen molar-refractivity contribution >= 4 is 0 Å². The number of nitrogens with zero attached hydrogens (tertiary/aromatic N) is 1. The normalized spacial score (nSPS) is 45.6. The van der Waals surface area contributed by atoms with Crippen LogP contribution in [-0.2, 0) is 6.37 Å². The standard InChI is InChI=1S/C20H35N/c1-2-3-4-5-6-7-8-9-10-11-12-13-14-15-20-16-18-21-19-17-20/h16-19H,2-15H2,1H3/i1D3,2D2,3D2,4D2,5D2,6D2,7D2,8D2,9D2,10D2,11D2,12D2,13D2,14D2,15D2,16D,17D,18D,19D. The third kappa shape index (κ3) is 11.5. The van der Waals surface area contributed by atoms with Crippen molar-refractivity contribution in [2.75, 3.05) is 0 Å². The van der Waals surface area contributed by atoms with Crippen molar-refractivity contribution in [2.24, 2.45) is 0 Å². The maximum Gasteiger partial charge on any atom is 0.0840 e. The van der Waals surface area contributed by atoms with E-state index in [1.807, 2.05) is 0 Å². The van der Waals surface area contributed by atoms with Crippen molar-refractivity contribution in [3.63, 3.8) is 0 Å². The van der Waals surface area contributed by atoms with Crippen molar-refractivity contribution in [1.29, 1.82) is 0 Å². The van der Waals surface area contributed by atoms with E-state index in [2.05, 4.69) is 4.98 Å². The predicted octanol–water partition coefficient (Wildman–Crippen LogP) is 6.72. The lowest BCUT2D eigenvalue weighted by molar-refractivity contribution is 0.539. The van der Waals surface area contributed by atoms with Gasteiger partial charge < -0.3 is 0 Å². The molecular weight excluding hydrogens is 254 g/mol. The zero-order valence-electron chi connectivity index (χ0n) is 45.4. The van der Waals surface area contributed by atoms with E-state index in [4.69, 9.17) is 48.0 Å². The Morgan fingerprint density at radius 3 is 1.81 bits per heavy atom. The molecule has 0 aliphatic heterocycles. The van der Waals surface area contributed by atoms with Gasteiger partial charge in [-0.25, -0.2) is 0 Å². The van der Waals surface area contributed by atoms with Gasteiger partial charge in [-0.05, 0) is 30.4 Å². The second-order valence-corrected chi connectivity index (χ2v) is 2.71. The van der Waals surface area contributed by atoms with Crippen LogP contribution in [0.4, 0.5) is 0 Å². The van der Waals surface area contributed by atoms with Crippen LogP contribution in [-0.4, -0.2) is 4.98 Å². The molecule has 0 saturated heterocycles. The van der Waals surface area contributed by atoms with Crippen LogP contribution in [0.25, 0.3) is 0 Å². The van der Waals surface area contributed by atoms with Gasteiger partial charge in [-0.2, -0.15) is 0 Å². The van der Waals surface area contributed by atoms with Gasteiger partial charge in [0.1, 0.15) is 0 Å². The Morgan fingerprint density at radius 2 is 1.29 bits per heavy atom. The molecule has 0 fully saturated rings. The quantitative estimate of drug-likeness (QED) is 0.370. The molecule has 0 saturated carbocycles. The Bertz CT molecular complexity index is 1620. The summed E-state index contributed by atoms with van der Waals surface area (Å²) in [6, 6.07) is -2.86. The van der Waals surface area contributed by atoms with Crippen LogP contribution in [0.3, 0.4) is 0 Å². The van der Waals surface area contributed by atoms with Crippen LogP contribution in [0, 0.1) is 0 Å². The first-order valence-corrected chi connectivity index (χ1v) is 5.20. The van der Waals surface area contributed by atoms with Gasteiger partial charge in [0.25, 0.3) is 0 Å². The first-order chi connectivity index (χ1) is 23.7. The van der Waals surface area contributed by atoms with Crippen LogP contribution < -0.4 is 0 Å². The summed E-state index contributed by atoms with van der Waals surface area (Å²) in [6.07, 6.45) is -71.0. The molecule has 0 aliphatic carbocycles. The maximum atomic E-state index is 8.30. The van der Waals surface area contributed by atoms with Gasteiger partial charge in [0.15, 0.2) is 0 Å². The fourth-order valence-corrected chi connectivity index (χ4v) is 0.727. The summed E-state index contributed by atoms with van der Waals surface area (Å²) in [6.45, 7) is -4.13. The van der Waals surface area contributed by atoms with Crippen molar-refractivity contribution < 1.29 is 48.0 Å². The monoisotopic (exact) mass is 324 g/mol. The van der Waals surface area contributed by atoms with Crippen LogP contribution >= 0.6 is 0 Å². The highest BCUT2D eigenvalue weighted by atomic mass is 14.6. The van der Waals surface area contributed by atoms with Crippen molar-refractivity contribution in [3.8, 4) is 0 Å². The van der Waals surface area contributed by atoms with E-state index in [0.717, 1.165) is 0 Å². The predicted molar refractivity (Wildman–Crippen MR) is 93.6 cm³/mol.